The monoisotopic (exact) mass is 505 g/mol. The lowest BCUT2D eigenvalue weighted by molar-refractivity contribution is -0.985. The van der Waals surface area contributed by atoms with Crippen molar-refractivity contribution in [2.24, 2.45) is 9.63 Å². The Labute approximate surface area is 185 Å². The van der Waals surface area contributed by atoms with E-state index in [1.165, 1.54) is 19.2 Å². The molecule has 1 heterocycles. The molecule has 0 spiro atoms. The highest BCUT2D eigenvalue weighted by molar-refractivity contribution is 7.99. The lowest BCUT2D eigenvalue weighted by Crippen LogP contribution is -3.00. The molecule has 0 saturated carbocycles. The fraction of sp³-hybridized carbons (Fsp3) is 0.333. The van der Waals surface area contributed by atoms with Gasteiger partial charge >= 0.3 is 10.0 Å². The van der Waals surface area contributed by atoms with Crippen LogP contribution < -0.4 is 17.0 Å². The van der Waals surface area contributed by atoms with Gasteiger partial charge in [0.2, 0.25) is 5.72 Å². The fourth-order valence-electron chi connectivity index (χ4n) is 3.31. The molecule has 2 atom stereocenters. The highest BCUT2D eigenvalue weighted by Gasteiger charge is 2.53. The van der Waals surface area contributed by atoms with Gasteiger partial charge in [-0.1, -0.05) is 58.2 Å². The first-order valence-electron chi connectivity index (χ1n) is 8.27. The van der Waals surface area contributed by atoms with Gasteiger partial charge in [-0.3, -0.25) is 4.48 Å². The van der Waals surface area contributed by atoms with E-state index in [1.54, 1.807) is 17.8 Å². The van der Waals surface area contributed by atoms with E-state index in [4.69, 9.17) is 11.6 Å². The maximum atomic E-state index is 12.3. The number of halogens is 2. The summed E-state index contributed by atoms with van der Waals surface area (Å²) in [7, 11) is -0.759. The first kappa shape index (κ1) is 23.3. The van der Waals surface area contributed by atoms with Crippen LogP contribution in [0.25, 0.3) is 0 Å². The van der Waals surface area contributed by atoms with E-state index in [0.29, 0.717) is 28.2 Å². The summed E-state index contributed by atoms with van der Waals surface area (Å²) in [6, 6.07) is 14.5. The van der Waals surface area contributed by atoms with Crippen LogP contribution >= 0.6 is 23.4 Å². The van der Waals surface area contributed by atoms with Crippen LogP contribution in [-0.2, 0) is 22.3 Å². The third kappa shape index (κ3) is 4.29. The van der Waals surface area contributed by atoms with Crippen LogP contribution in [0.4, 0.5) is 0 Å². The topological polar surface area (TPSA) is 79.1 Å². The van der Waals surface area contributed by atoms with Gasteiger partial charge in [-0.25, -0.2) is 0 Å². The van der Waals surface area contributed by atoms with E-state index in [1.807, 2.05) is 37.4 Å². The molecule has 3 rings (SSSR count). The third-order valence-corrected chi connectivity index (χ3v) is 7.88. The molecule has 152 valence electrons. The Balaban J connectivity index is 0.00000280. The second-order valence-electron chi connectivity index (χ2n) is 6.74. The number of nitrogens with zero attached hydrogens (tertiary/aromatic N) is 3. The highest BCUT2D eigenvalue weighted by Crippen LogP contribution is 2.45. The minimum Gasteiger partial charge on any atom is -1.00 e. The Morgan fingerprint density at radius 1 is 1.25 bits per heavy atom. The number of thioether (sulfide) groups is 1. The quantitative estimate of drug-likeness (QED) is 0.476. The highest BCUT2D eigenvalue weighted by atomic mass is 79.9. The number of hydrogen-bond donors (Lipinski definition) is 1. The van der Waals surface area contributed by atoms with Crippen LogP contribution in [-0.4, -0.2) is 43.7 Å². The molecular formula is C18H21BrClN3O3S2. The Kier molecular flexibility index (Phi) is 7.33. The number of aliphatic hydroxyl groups is 1. The van der Waals surface area contributed by atoms with Crippen molar-refractivity contribution in [2.75, 3.05) is 25.7 Å². The molecule has 10 heteroatoms. The van der Waals surface area contributed by atoms with Crippen molar-refractivity contribution in [3.05, 3.63) is 64.7 Å². The minimum absolute atomic E-state index is 0. The molecule has 1 saturated heterocycles. The zero-order valence-electron chi connectivity index (χ0n) is 15.4. The van der Waals surface area contributed by atoms with Crippen LogP contribution in [0.15, 0.2) is 63.1 Å². The maximum Gasteiger partial charge on any atom is 0.300 e. The van der Waals surface area contributed by atoms with E-state index < -0.39 is 15.7 Å². The number of rotatable bonds is 5. The third-order valence-electron chi connectivity index (χ3n) is 4.81. The van der Waals surface area contributed by atoms with Gasteiger partial charge in [-0.2, -0.15) is 13.5 Å². The maximum absolute atomic E-state index is 12.3. The van der Waals surface area contributed by atoms with Gasteiger partial charge < -0.3 is 22.1 Å². The van der Waals surface area contributed by atoms with Gasteiger partial charge in [0.05, 0.1) is 17.8 Å². The van der Waals surface area contributed by atoms with Gasteiger partial charge in [-0.05, 0) is 18.2 Å². The first-order valence-corrected chi connectivity index (χ1v) is 11.2. The van der Waals surface area contributed by atoms with Crippen molar-refractivity contribution < 1.29 is 35.0 Å². The second kappa shape index (κ2) is 8.81. The van der Waals surface area contributed by atoms with E-state index in [2.05, 4.69) is 9.63 Å². The summed E-state index contributed by atoms with van der Waals surface area (Å²) in [6.07, 6.45) is 0. The summed E-state index contributed by atoms with van der Waals surface area (Å²) in [5, 5.41) is 15.0. The smallest absolute Gasteiger partial charge is 0.300 e. The van der Waals surface area contributed by atoms with E-state index >= 15 is 0 Å². The lowest BCUT2D eigenvalue weighted by atomic mass is 10.00. The Morgan fingerprint density at radius 3 is 2.57 bits per heavy atom. The van der Waals surface area contributed by atoms with E-state index in [0.717, 1.165) is 5.56 Å². The van der Waals surface area contributed by atoms with Crippen LogP contribution in [0.5, 0.6) is 0 Å². The van der Waals surface area contributed by atoms with Crippen molar-refractivity contribution >= 4 is 33.4 Å². The van der Waals surface area contributed by atoms with Crippen molar-refractivity contribution in [3.63, 3.8) is 0 Å². The summed E-state index contributed by atoms with van der Waals surface area (Å²) in [5.41, 5.74) is 0.348. The van der Waals surface area contributed by atoms with E-state index in [-0.39, 0.29) is 26.9 Å². The molecule has 0 aromatic heterocycles. The van der Waals surface area contributed by atoms with E-state index in [9.17, 15) is 13.5 Å². The van der Waals surface area contributed by atoms with Crippen LogP contribution in [0.2, 0.25) is 5.02 Å². The normalized spacial score (nSPS) is 25.0. The second-order valence-corrected chi connectivity index (χ2v) is 9.65. The Bertz CT molecular complexity index is 975. The van der Waals surface area contributed by atoms with Gasteiger partial charge in [0.1, 0.15) is 17.3 Å². The molecule has 2 aromatic rings. The predicted molar refractivity (Wildman–Crippen MR) is 107 cm³/mol. The van der Waals surface area contributed by atoms with Gasteiger partial charge in [0.15, 0.2) is 0 Å². The molecule has 2 unspecified atom stereocenters. The zero-order valence-corrected chi connectivity index (χ0v) is 19.4. The summed E-state index contributed by atoms with van der Waals surface area (Å²) >= 11 is 7.72. The Hall–Kier alpha value is -0.970. The number of quaternary nitrogens is 1. The molecule has 1 aliphatic rings. The van der Waals surface area contributed by atoms with Crippen LogP contribution in [0.1, 0.15) is 11.1 Å². The van der Waals surface area contributed by atoms with Gasteiger partial charge in [-0.15, -0.1) is 0 Å². The van der Waals surface area contributed by atoms with Gasteiger partial charge in [0, 0.05) is 18.2 Å². The van der Waals surface area contributed by atoms with Crippen LogP contribution in [0.3, 0.4) is 0 Å². The average Bonchev–Trinajstić information content (AvgIpc) is 2.91. The molecule has 0 aliphatic carbocycles. The molecule has 6 nitrogen and oxygen atoms in total. The zero-order chi connectivity index (χ0) is 19.7. The average molecular weight is 507 g/mol. The van der Waals surface area contributed by atoms with Crippen molar-refractivity contribution in [2.45, 2.75) is 17.2 Å². The summed E-state index contributed by atoms with van der Waals surface area (Å²) in [4.78, 5) is -0.149. The molecular weight excluding hydrogens is 486 g/mol. The van der Waals surface area contributed by atoms with Crippen LogP contribution in [0, 0.1) is 0 Å². The van der Waals surface area contributed by atoms with Crippen molar-refractivity contribution in [3.8, 4) is 0 Å². The SMILES string of the molecule is CN=NS(=O)(=O)c1cc(C2(O)CSC[N+]2(C)Cc2ccccc2)ccc1Cl.[Br-]. The molecule has 0 radical (unpaired) electrons. The molecule has 28 heavy (non-hydrogen) atoms. The van der Waals surface area contributed by atoms with Crippen molar-refractivity contribution in [1.82, 2.24) is 0 Å². The lowest BCUT2D eigenvalue weighted by Gasteiger charge is -2.42. The summed E-state index contributed by atoms with van der Waals surface area (Å²) in [6.45, 7) is 0.615. The minimum atomic E-state index is -4.01. The fourth-order valence-corrected chi connectivity index (χ4v) is 6.18. The molecule has 1 N–H and O–H groups in total. The largest absolute Gasteiger partial charge is 1.00 e. The molecule has 2 aromatic carbocycles. The standard InChI is InChI=1S/C18H21ClN3O3S2.BrH/c1-20-21-27(24,25)17-10-15(8-9-16(17)19)18(23)12-26-13-22(18,2)11-14-6-4-3-5-7-14;/h3-10,23H,11-13H2,1-2H3;1H/q+1;/p-1. The predicted octanol–water partition coefficient (Wildman–Crippen LogP) is 0.611. The number of sulfonamides is 1. The first-order chi connectivity index (χ1) is 12.7. The molecule has 1 fully saturated rings. The summed E-state index contributed by atoms with van der Waals surface area (Å²) < 4.78 is 28.3. The molecule has 0 amide bonds. The number of hydrogen-bond acceptors (Lipinski definition) is 5. The molecule has 1 aliphatic heterocycles. The van der Waals surface area contributed by atoms with Crippen molar-refractivity contribution in [1.29, 1.82) is 0 Å². The summed E-state index contributed by atoms with van der Waals surface area (Å²) in [5.74, 6) is 1.15. The number of benzene rings is 2. The van der Waals surface area contributed by atoms with Gasteiger partial charge in [0.25, 0.3) is 0 Å². The molecule has 0 bridgehead atoms. The Morgan fingerprint density at radius 2 is 1.93 bits per heavy atom.